The summed E-state index contributed by atoms with van der Waals surface area (Å²) >= 11 is 0. The number of aliphatic hydroxyl groups excluding tert-OH is 2. The number of carbonyl (C=O) groups excluding carboxylic acids is 1. The van der Waals surface area contributed by atoms with E-state index < -0.39 is 12.1 Å². The van der Waals surface area contributed by atoms with Crippen molar-refractivity contribution in [3.63, 3.8) is 0 Å². The predicted octanol–water partition coefficient (Wildman–Crippen LogP) is 25.9. The van der Waals surface area contributed by atoms with E-state index >= 15 is 0 Å². The summed E-state index contributed by atoms with van der Waals surface area (Å²) in [5.74, 6) is -0.0591. The first-order valence-electron chi connectivity index (χ1n) is 37.5. The van der Waals surface area contributed by atoms with Gasteiger partial charge in [-0.1, -0.05) is 400 Å². The number of allylic oxidation sites excluding steroid dienone is 15. The molecule has 0 aliphatic rings. The third kappa shape index (κ3) is 70.1. The van der Waals surface area contributed by atoms with Gasteiger partial charge in [0.1, 0.15) is 0 Å². The van der Waals surface area contributed by atoms with Crippen LogP contribution in [0.1, 0.15) is 386 Å². The van der Waals surface area contributed by atoms with E-state index in [1.54, 1.807) is 6.08 Å². The van der Waals surface area contributed by atoms with E-state index in [4.69, 9.17) is 0 Å². The van der Waals surface area contributed by atoms with Crippen molar-refractivity contribution in [3.05, 3.63) is 97.2 Å². The minimum atomic E-state index is -0.844. The lowest BCUT2D eigenvalue weighted by Crippen LogP contribution is -2.45. The molecular formula is C80H145NO3. The molecule has 0 aromatic heterocycles. The Balaban J connectivity index is 3.45. The van der Waals surface area contributed by atoms with Gasteiger partial charge < -0.3 is 15.5 Å². The van der Waals surface area contributed by atoms with E-state index in [1.807, 2.05) is 6.08 Å². The zero-order chi connectivity index (χ0) is 60.5. The first-order chi connectivity index (χ1) is 41.7. The summed E-state index contributed by atoms with van der Waals surface area (Å²) in [6.45, 7) is 4.23. The molecule has 4 heteroatoms. The molecule has 0 saturated carbocycles. The highest BCUT2D eigenvalue weighted by Gasteiger charge is 2.18. The molecule has 4 nitrogen and oxygen atoms in total. The maximum atomic E-state index is 12.6. The van der Waals surface area contributed by atoms with Crippen LogP contribution in [-0.4, -0.2) is 34.9 Å². The van der Waals surface area contributed by atoms with Crippen molar-refractivity contribution in [2.24, 2.45) is 0 Å². The van der Waals surface area contributed by atoms with Gasteiger partial charge in [-0.15, -0.1) is 0 Å². The maximum absolute atomic E-state index is 12.6. The summed E-state index contributed by atoms with van der Waals surface area (Å²) in [7, 11) is 0. The van der Waals surface area contributed by atoms with Gasteiger partial charge >= 0.3 is 0 Å². The zero-order valence-electron chi connectivity index (χ0n) is 56.4. The highest BCUT2D eigenvalue weighted by atomic mass is 16.3. The largest absolute Gasteiger partial charge is 0.394 e. The third-order valence-electron chi connectivity index (χ3n) is 17.1. The molecule has 2 unspecified atom stereocenters. The van der Waals surface area contributed by atoms with E-state index in [2.05, 4.69) is 104 Å². The quantitative estimate of drug-likeness (QED) is 0.0420. The molecule has 0 aliphatic carbocycles. The van der Waals surface area contributed by atoms with Crippen molar-refractivity contribution >= 4 is 5.91 Å². The summed E-state index contributed by atoms with van der Waals surface area (Å²) in [4.78, 5) is 12.6. The van der Waals surface area contributed by atoms with E-state index in [0.29, 0.717) is 6.42 Å². The Hall–Kier alpha value is -2.69. The van der Waals surface area contributed by atoms with Crippen molar-refractivity contribution in [1.82, 2.24) is 5.32 Å². The van der Waals surface area contributed by atoms with Gasteiger partial charge in [0.05, 0.1) is 18.8 Å². The van der Waals surface area contributed by atoms with Gasteiger partial charge in [-0.3, -0.25) is 4.79 Å². The number of aliphatic hydroxyl groups is 2. The molecule has 0 bridgehead atoms. The average Bonchev–Trinajstić information content (AvgIpc) is 3.51. The average molecular weight is 1170 g/mol. The topological polar surface area (TPSA) is 69.6 Å². The fourth-order valence-electron chi connectivity index (χ4n) is 11.5. The lowest BCUT2D eigenvalue weighted by Gasteiger charge is -2.20. The molecule has 0 spiro atoms. The molecule has 3 N–H and O–H groups in total. The van der Waals surface area contributed by atoms with Crippen LogP contribution in [0.15, 0.2) is 97.2 Å². The number of hydrogen-bond acceptors (Lipinski definition) is 3. The molecule has 0 aliphatic heterocycles. The fourth-order valence-corrected chi connectivity index (χ4v) is 11.5. The Morgan fingerprint density at radius 2 is 0.524 bits per heavy atom. The Kier molecular flexibility index (Phi) is 72.2. The summed E-state index contributed by atoms with van der Waals surface area (Å²) < 4.78 is 0. The zero-order valence-corrected chi connectivity index (χ0v) is 56.4. The van der Waals surface area contributed by atoms with Crippen LogP contribution < -0.4 is 5.32 Å². The molecule has 0 heterocycles. The molecule has 0 radical (unpaired) electrons. The van der Waals surface area contributed by atoms with Crippen LogP contribution in [0.2, 0.25) is 0 Å². The van der Waals surface area contributed by atoms with Crippen LogP contribution in [-0.2, 0) is 4.79 Å². The van der Waals surface area contributed by atoms with E-state index in [9.17, 15) is 15.0 Å². The monoisotopic (exact) mass is 1170 g/mol. The normalized spacial score (nSPS) is 13.2. The van der Waals surface area contributed by atoms with E-state index in [0.717, 1.165) is 70.6 Å². The molecule has 0 rings (SSSR count). The smallest absolute Gasteiger partial charge is 0.220 e. The van der Waals surface area contributed by atoms with Crippen LogP contribution in [0.25, 0.3) is 0 Å². The standard InChI is InChI=1S/C80H145NO3/c1-3-5-7-9-11-13-15-17-19-21-23-25-27-29-31-33-35-36-37-38-39-40-41-42-43-44-46-48-50-52-54-56-58-60-62-64-66-68-70-72-74-76-80(84)81-78(77-82)79(83)75-73-71-69-67-65-63-61-59-57-55-53-51-49-47-45-34-32-30-28-26-24-22-20-18-16-14-12-10-8-6-4-2/h5,7,11,13,17,19,23,25,29,31,35-36,38-39,73,75,78-79,82-83H,3-4,6,8-10,12,14-16,18,20-22,24,26-28,30,32-34,37,40-72,74,76-77H2,1-2H3,(H,81,84)/b7-5-,13-11-,19-17-,25-23-,31-29-,36-35-,39-38-,75-73+. The number of amides is 1. The first kappa shape index (κ1) is 81.3. The van der Waals surface area contributed by atoms with Gasteiger partial charge in [0.15, 0.2) is 0 Å². The van der Waals surface area contributed by atoms with Crippen molar-refractivity contribution in [2.75, 3.05) is 6.61 Å². The van der Waals surface area contributed by atoms with Crippen molar-refractivity contribution < 1.29 is 15.0 Å². The van der Waals surface area contributed by atoms with Crippen molar-refractivity contribution in [3.8, 4) is 0 Å². The lowest BCUT2D eigenvalue weighted by atomic mass is 10.0. The summed E-state index contributed by atoms with van der Waals surface area (Å²) in [6, 6.07) is -0.627. The SMILES string of the molecule is CC/C=C\C/C=C\C/C=C\C/C=C\C/C=C\C/C=C\C/C=C\CCCCCCCCCCCCCCCCCCCCCC(=O)NC(CO)C(O)/C=C/CCCCCCCCCCCCCCCCCCCCCCCCCCCCCCC. The minimum absolute atomic E-state index is 0.0591. The van der Waals surface area contributed by atoms with Gasteiger partial charge in [0, 0.05) is 6.42 Å². The van der Waals surface area contributed by atoms with Gasteiger partial charge in [-0.25, -0.2) is 0 Å². The Bertz CT molecular complexity index is 1520. The minimum Gasteiger partial charge on any atom is -0.394 e. The van der Waals surface area contributed by atoms with E-state index in [-0.39, 0.29) is 12.5 Å². The van der Waals surface area contributed by atoms with Crippen LogP contribution in [0.5, 0.6) is 0 Å². The van der Waals surface area contributed by atoms with Crippen LogP contribution in [0, 0.1) is 0 Å². The highest BCUT2D eigenvalue weighted by Crippen LogP contribution is 2.19. The second-order valence-electron chi connectivity index (χ2n) is 25.3. The Morgan fingerprint density at radius 1 is 0.298 bits per heavy atom. The fraction of sp³-hybridized carbons (Fsp3) is 0.787. The molecule has 0 aromatic carbocycles. The number of nitrogens with one attached hydrogen (secondary N) is 1. The van der Waals surface area contributed by atoms with Gasteiger partial charge in [0.25, 0.3) is 0 Å². The van der Waals surface area contributed by atoms with Gasteiger partial charge in [0.2, 0.25) is 5.91 Å². The van der Waals surface area contributed by atoms with Crippen molar-refractivity contribution in [1.29, 1.82) is 0 Å². The Labute approximate surface area is 525 Å². The number of carbonyl (C=O) groups is 1. The number of hydrogen-bond donors (Lipinski definition) is 3. The molecule has 84 heavy (non-hydrogen) atoms. The summed E-state index contributed by atoms with van der Waals surface area (Å²) in [6.07, 6.45) is 111. The van der Waals surface area contributed by atoms with Crippen molar-refractivity contribution in [2.45, 2.75) is 398 Å². The molecule has 0 aromatic rings. The molecule has 488 valence electrons. The first-order valence-corrected chi connectivity index (χ1v) is 37.5. The van der Waals surface area contributed by atoms with Gasteiger partial charge in [-0.2, -0.15) is 0 Å². The van der Waals surface area contributed by atoms with Crippen LogP contribution in [0.4, 0.5) is 0 Å². The third-order valence-corrected chi connectivity index (χ3v) is 17.1. The molecule has 0 saturated heterocycles. The van der Waals surface area contributed by atoms with Gasteiger partial charge in [-0.05, 0) is 77.0 Å². The van der Waals surface area contributed by atoms with Crippen LogP contribution >= 0.6 is 0 Å². The Morgan fingerprint density at radius 3 is 0.786 bits per heavy atom. The second-order valence-corrected chi connectivity index (χ2v) is 25.3. The highest BCUT2D eigenvalue weighted by molar-refractivity contribution is 5.76. The molecule has 2 atom stereocenters. The number of rotatable bonds is 69. The lowest BCUT2D eigenvalue weighted by molar-refractivity contribution is -0.123. The predicted molar refractivity (Wildman–Crippen MR) is 377 cm³/mol. The summed E-state index contributed by atoms with van der Waals surface area (Å²) in [5, 5.41) is 23.3. The van der Waals surface area contributed by atoms with Crippen LogP contribution in [0.3, 0.4) is 0 Å². The summed E-state index contributed by atoms with van der Waals surface area (Å²) in [5.41, 5.74) is 0. The van der Waals surface area contributed by atoms with E-state index in [1.165, 1.54) is 295 Å². The maximum Gasteiger partial charge on any atom is 0.220 e. The second kappa shape index (κ2) is 74.6. The molecular weight excluding hydrogens is 1020 g/mol. The number of unbranched alkanes of at least 4 members (excludes halogenated alkanes) is 48. The molecule has 0 fully saturated rings. The molecule has 1 amide bonds.